The third-order valence-corrected chi connectivity index (χ3v) is 4.17. The number of halogens is 2. The fraction of sp³-hybridized carbons (Fsp3) is 0.143. The van der Waals surface area contributed by atoms with Crippen molar-refractivity contribution < 1.29 is 17.2 Å². The van der Waals surface area contributed by atoms with Crippen LogP contribution < -0.4 is 4.72 Å². The van der Waals surface area contributed by atoms with Crippen molar-refractivity contribution in [2.75, 3.05) is 4.72 Å². The first kappa shape index (κ1) is 14.5. The quantitative estimate of drug-likeness (QED) is 0.941. The van der Waals surface area contributed by atoms with Gasteiger partial charge in [0.05, 0.1) is 0 Å². The van der Waals surface area contributed by atoms with Crippen molar-refractivity contribution in [3.8, 4) is 0 Å². The third-order valence-electron chi connectivity index (χ3n) is 2.77. The van der Waals surface area contributed by atoms with Crippen LogP contribution >= 0.6 is 0 Å². The SMILES string of the molecule is CCc1cccc(NS(=O)(=O)c2cc(F)ccc2F)c1. The topological polar surface area (TPSA) is 46.2 Å². The van der Waals surface area contributed by atoms with Gasteiger partial charge in [-0.3, -0.25) is 4.72 Å². The maximum Gasteiger partial charge on any atom is 0.264 e. The second-order valence-corrected chi connectivity index (χ2v) is 5.88. The number of hydrogen-bond donors (Lipinski definition) is 1. The van der Waals surface area contributed by atoms with Crippen LogP contribution in [0.4, 0.5) is 14.5 Å². The standard InChI is InChI=1S/C14H13F2NO2S/c1-2-10-4-3-5-12(8-10)17-20(18,19)14-9-11(15)6-7-13(14)16/h3-9,17H,2H2,1H3. The fourth-order valence-electron chi connectivity index (χ4n) is 1.75. The average Bonchev–Trinajstić information content (AvgIpc) is 2.41. The van der Waals surface area contributed by atoms with Crippen molar-refractivity contribution in [2.24, 2.45) is 0 Å². The molecule has 0 radical (unpaired) electrons. The van der Waals surface area contributed by atoms with Crippen LogP contribution in [0, 0.1) is 11.6 Å². The van der Waals surface area contributed by atoms with Gasteiger partial charge in [0.1, 0.15) is 16.5 Å². The molecule has 6 heteroatoms. The van der Waals surface area contributed by atoms with Crippen LogP contribution in [0.2, 0.25) is 0 Å². The van der Waals surface area contributed by atoms with Crippen LogP contribution in [-0.4, -0.2) is 8.42 Å². The molecule has 0 unspecified atom stereocenters. The number of anilines is 1. The predicted molar refractivity (Wildman–Crippen MR) is 73.0 cm³/mol. The summed E-state index contributed by atoms with van der Waals surface area (Å²) in [5.41, 5.74) is 1.25. The molecule has 0 aliphatic carbocycles. The number of nitrogens with one attached hydrogen (secondary N) is 1. The Hall–Kier alpha value is -1.95. The van der Waals surface area contributed by atoms with Crippen molar-refractivity contribution in [1.82, 2.24) is 0 Å². The summed E-state index contributed by atoms with van der Waals surface area (Å²) in [6, 6.07) is 9.04. The molecule has 2 rings (SSSR count). The van der Waals surface area contributed by atoms with Crippen LogP contribution in [0.1, 0.15) is 12.5 Å². The summed E-state index contributed by atoms with van der Waals surface area (Å²) in [4.78, 5) is -0.709. The second kappa shape index (κ2) is 5.58. The van der Waals surface area contributed by atoms with E-state index in [-0.39, 0.29) is 0 Å². The van der Waals surface area contributed by atoms with Crippen LogP contribution in [0.5, 0.6) is 0 Å². The molecule has 3 nitrogen and oxygen atoms in total. The van der Waals surface area contributed by atoms with E-state index in [1.54, 1.807) is 18.2 Å². The minimum atomic E-state index is -4.16. The molecular weight excluding hydrogens is 284 g/mol. The summed E-state index contributed by atoms with van der Waals surface area (Å²) in [6.07, 6.45) is 0.740. The molecule has 0 saturated carbocycles. The normalized spacial score (nSPS) is 11.3. The largest absolute Gasteiger partial charge is 0.280 e. The molecule has 0 saturated heterocycles. The predicted octanol–water partition coefficient (Wildman–Crippen LogP) is 3.33. The van der Waals surface area contributed by atoms with Crippen molar-refractivity contribution in [3.63, 3.8) is 0 Å². The van der Waals surface area contributed by atoms with E-state index in [0.717, 1.165) is 24.1 Å². The molecule has 0 atom stereocenters. The summed E-state index contributed by atoms with van der Waals surface area (Å²) < 4.78 is 53.0. The maximum absolute atomic E-state index is 13.5. The van der Waals surface area contributed by atoms with Crippen molar-refractivity contribution in [3.05, 3.63) is 59.7 Å². The van der Waals surface area contributed by atoms with Gasteiger partial charge in [0, 0.05) is 5.69 Å². The van der Waals surface area contributed by atoms with Crippen molar-refractivity contribution in [1.29, 1.82) is 0 Å². The number of benzene rings is 2. The van der Waals surface area contributed by atoms with Gasteiger partial charge in [-0.1, -0.05) is 19.1 Å². The Balaban J connectivity index is 2.38. The Morgan fingerprint density at radius 2 is 1.85 bits per heavy atom. The number of hydrogen-bond acceptors (Lipinski definition) is 2. The number of sulfonamides is 1. The minimum absolute atomic E-state index is 0.313. The molecule has 0 aliphatic heterocycles. The fourth-order valence-corrected chi connectivity index (χ4v) is 2.89. The third kappa shape index (κ3) is 3.14. The first-order chi connectivity index (χ1) is 9.42. The van der Waals surface area contributed by atoms with E-state index in [1.807, 2.05) is 13.0 Å². The molecule has 20 heavy (non-hydrogen) atoms. The highest BCUT2D eigenvalue weighted by Gasteiger charge is 2.20. The van der Waals surface area contributed by atoms with Crippen LogP contribution in [-0.2, 0) is 16.4 Å². The Morgan fingerprint density at radius 1 is 1.10 bits per heavy atom. The van der Waals surface area contributed by atoms with Gasteiger partial charge in [-0.25, -0.2) is 17.2 Å². The lowest BCUT2D eigenvalue weighted by Gasteiger charge is -2.10. The lowest BCUT2D eigenvalue weighted by molar-refractivity contribution is 0.555. The Morgan fingerprint density at radius 3 is 2.55 bits per heavy atom. The first-order valence-electron chi connectivity index (χ1n) is 5.99. The molecule has 2 aromatic rings. The van der Waals surface area contributed by atoms with Gasteiger partial charge in [0.2, 0.25) is 0 Å². The highest BCUT2D eigenvalue weighted by Crippen LogP contribution is 2.20. The molecule has 0 heterocycles. The van der Waals surface area contributed by atoms with Crippen LogP contribution in [0.25, 0.3) is 0 Å². The van der Waals surface area contributed by atoms with Gasteiger partial charge in [-0.05, 0) is 42.3 Å². The zero-order chi connectivity index (χ0) is 14.8. The minimum Gasteiger partial charge on any atom is -0.280 e. The molecule has 0 spiro atoms. The lowest BCUT2D eigenvalue weighted by atomic mass is 10.1. The zero-order valence-corrected chi connectivity index (χ0v) is 11.5. The summed E-state index contributed by atoms with van der Waals surface area (Å²) in [7, 11) is -4.16. The van der Waals surface area contributed by atoms with Gasteiger partial charge < -0.3 is 0 Å². The maximum atomic E-state index is 13.5. The van der Waals surface area contributed by atoms with Crippen LogP contribution in [0.3, 0.4) is 0 Å². The highest BCUT2D eigenvalue weighted by atomic mass is 32.2. The number of aryl methyl sites for hydroxylation is 1. The lowest BCUT2D eigenvalue weighted by Crippen LogP contribution is -2.15. The zero-order valence-electron chi connectivity index (χ0n) is 10.7. The molecule has 0 aliphatic rings. The van der Waals surface area contributed by atoms with E-state index in [2.05, 4.69) is 4.72 Å². The van der Waals surface area contributed by atoms with Crippen molar-refractivity contribution >= 4 is 15.7 Å². The van der Waals surface area contributed by atoms with Gasteiger partial charge in [-0.2, -0.15) is 0 Å². The Kier molecular flexibility index (Phi) is 4.04. The van der Waals surface area contributed by atoms with E-state index in [9.17, 15) is 17.2 Å². The summed E-state index contributed by atoms with van der Waals surface area (Å²) in [5, 5.41) is 0. The van der Waals surface area contributed by atoms with E-state index in [0.29, 0.717) is 11.8 Å². The van der Waals surface area contributed by atoms with Gasteiger partial charge in [0.25, 0.3) is 10.0 Å². The molecule has 1 N–H and O–H groups in total. The van der Waals surface area contributed by atoms with E-state index >= 15 is 0 Å². The van der Waals surface area contributed by atoms with Gasteiger partial charge in [-0.15, -0.1) is 0 Å². The van der Waals surface area contributed by atoms with E-state index in [4.69, 9.17) is 0 Å². The summed E-state index contributed by atoms with van der Waals surface area (Å²) in [6.45, 7) is 1.93. The summed E-state index contributed by atoms with van der Waals surface area (Å²) in [5.74, 6) is -1.81. The molecule has 2 aromatic carbocycles. The average molecular weight is 297 g/mol. The molecule has 0 fully saturated rings. The molecular formula is C14H13F2NO2S. The van der Waals surface area contributed by atoms with Crippen molar-refractivity contribution in [2.45, 2.75) is 18.2 Å². The summed E-state index contributed by atoms with van der Waals surface area (Å²) >= 11 is 0. The smallest absolute Gasteiger partial charge is 0.264 e. The molecule has 0 amide bonds. The van der Waals surface area contributed by atoms with Crippen LogP contribution in [0.15, 0.2) is 47.4 Å². The molecule has 0 aromatic heterocycles. The number of rotatable bonds is 4. The monoisotopic (exact) mass is 297 g/mol. The van der Waals surface area contributed by atoms with Gasteiger partial charge in [0.15, 0.2) is 0 Å². The Bertz CT molecular complexity index is 730. The van der Waals surface area contributed by atoms with Gasteiger partial charge >= 0.3 is 0 Å². The first-order valence-corrected chi connectivity index (χ1v) is 7.47. The Labute approximate surface area is 116 Å². The highest BCUT2D eigenvalue weighted by molar-refractivity contribution is 7.92. The van der Waals surface area contributed by atoms with E-state index in [1.165, 1.54) is 0 Å². The second-order valence-electron chi connectivity index (χ2n) is 4.23. The molecule has 0 bridgehead atoms. The van der Waals surface area contributed by atoms with E-state index < -0.39 is 26.6 Å². The molecule has 106 valence electrons.